The zero-order chi connectivity index (χ0) is 17.5. The van der Waals surface area contributed by atoms with Crippen molar-refractivity contribution in [3.05, 3.63) is 59.9 Å². The maximum atomic E-state index is 13.1. The van der Waals surface area contributed by atoms with E-state index in [1.807, 2.05) is 12.1 Å². The van der Waals surface area contributed by atoms with Gasteiger partial charge in [-0.3, -0.25) is 0 Å². The van der Waals surface area contributed by atoms with Crippen molar-refractivity contribution in [2.45, 2.75) is 70.6 Å². The van der Waals surface area contributed by atoms with Gasteiger partial charge in [0.1, 0.15) is 5.82 Å². The first-order valence-corrected chi connectivity index (χ1v) is 10.1. The van der Waals surface area contributed by atoms with E-state index in [1.54, 1.807) is 0 Å². The summed E-state index contributed by atoms with van der Waals surface area (Å²) in [5.74, 6) is 1.52. The van der Waals surface area contributed by atoms with Crippen LogP contribution in [-0.2, 0) is 0 Å². The Morgan fingerprint density at radius 3 is 1.96 bits per heavy atom. The monoisotopic (exact) mass is 338 g/mol. The minimum absolute atomic E-state index is 0.174. The van der Waals surface area contributed by atoms with Crippen molar-refractivity contribution < 1.29 is 4.39 Å². The summed E-state index contributed by atoms with van der Waals surface area (Å²) in [6, 6.07) is 15.7. The van der Waals surface area contributed by atoms with Gasteiger partial charge in [-0.1, -0.05) is 75.4 Å². The Labute approximate surface area is 152 Å². The Kier molecular flexibility index (Phi) is 6.67. The number of hydrogen-bond acceptors (Lipinski definition) is 0. The Bertz CT molecular complexity index is 618. The average molecular weight is 339 g/mol. The molecule has 0 aromatic heterocycles. The molecule has 0 unspecified atom stereocenters. The van der Waals surface area contributed by atoms with Crippen molar-refractivity contribution in [1.29, 1.82) is 0 Å². The largest absolute Gasteiger partial charge is 0.207 e. The summed E-state index contributed by atoms with van der Waals surface area (Å²) in [7, 11) is 0. The normalized spacial score (nSPS) is 20.6. The Hall–Kier alpha value is -1.63. The molecule has 2 aromatic carbocycles. The lowest BCUT2D eigenvalue weighted by atomic mass is 9.77. The number of hydrogen-bond donors (Lipinski definition) is 0. The summed E-state index contributed by atoms with van der Waals surface area (Å²) >= 11 is 0. The molecule has 134 valence electrons. The van der Waals surface area contributed by atoms with Gasteiger partial charge in [0.15, 0.2) is 0 Å². The van der Waals surface area contributed by atoms with Crippen LogP contribution in [0.3, 0.4) is 0 Å². The molecule has 25 heavy (non-hydrogen) atoms. The van der Waals surface area contributed by atoms with E-state index in [4.69, 9.17) is 0 Å². The van der Waals surface area contributed by atoms with Crippen LogP contribution < -0.4 is 0 Å². The van der Waals surface area contributed by atoms with Gasteiger partial charge in [0.25, 0.3) is 0 Å². The van der Waals surface area contributed by atoms with E-state index in [1.165, 1.54) is 81.0 Å². The third kappa shape index (κ3) is 5.17. The average Bonchev–Trinajstić information content (AvgIpc) is 2.67. The summed E-state index contributed by atoms with van der Waals surface area (Å²) in [6.45, 7) is 2.28. The van der Waals surface area contributed by atoms with Crippen LogP contribution in [0.2, 0.25) is 0 Å². The molecule has 0 bridgehead atoms. The fourth-order valence-corrected chi connectivity index (χ4v) is 4.23. The molecule has 1 aliphatic rings. The maximum Gasteiger partial charge on any atom is 0.123 e. The lowest BCUT2D eigenvalue weighted by Gasteiger charge is -2.29. The Morgan fingerprint density at radius 2 is 1.36 bits per heavy atom. The van der Waals surface area contributed by atoms with Crippen LogP contribution in [0.25, 0.3) is 11.1 Å². The molecule has 1 heteroatoms. The van der Waals surface area contributed by atoms with Crippen LogP contribution >= 0.6 is 0 Å². The molecule has 0 radical (unpaired) electrons. The van der Waals surface area contributed by atoms with Crippen LogP contribution in [0.4, 0.5) is 4.39 Å². The molecule has 0 spiro atoms. The van der Waals surface area contributed by atoms with E-state index in [0.29, 0.717) is 0 Å². The van der Waals surface area contributed by atoms with Crippen LogP contribution in [-0.4, -0.2) is 0 Å². The van der Waals surface area contributed by atoms with Crippen molar-refractivity contribution in [1.82, 2.24) is 0 Å². The highest BCUT2D eigenvalue weighted by Gasteiger charge is 2.22. The number of rotatable bonds is 7. The van der Waals surface area contributed by atoms with E-state index in [9.17, 15) is 4.39 Å². The summed E-state index contributed by atoms with van der Waals surface area (Å²) in [4.78, 5) is 0. The van der Waals surface area contributed by atoms with Gasteiger partial charge in [-0.25, -0.2) is 4.39 Å². The van der Waals surface area contributed by atoms with Crippen LogP contribution in [0.5, 0.6) is 0 Å². The third-order valence-electron chi connectivity index (χ3n) is 5.87. The highest BCUT2D eigenvalue weighted by atomic mass is 19.1. The van der Waals surface area contributed by atoms with Gasteiger partial charge in [-0.15, -0.1) is 0 Å². The molecule has 0 nitrogen and oxygen atoms in total. The molecule has 0 aliphatic heterocycles. The lowest BCUT2D eigenvalue weighted by molar-refractivity contribution is 0.302. The van der Waals surface area contributed by atoms with Crippen LogP contribution in [0.15, 0.2) is 48.5 Å². The summed E-state index contributed by atoms with van der Waals surface area (Å²) < 4.78 is 13.1. The predicted molar refractivity (Wildman–Crippen MR) is 105 cm³/mol. The molecule has 0 heterocycles. The fourth-order valence-electron chi connectivity index (χ4n) is 4.23. The number of unbranched alkanes of at least 4 members (excludes halogenated alkanes) is 3. The Balaban J connectivity index is 1.51. The summed E-state index contributed by atoms with van der Waals surface area (Å²) in [5.41, 5.74) is 3.74. The zero-order valence-corrected chi connectivity index (χ0v) is 15.5. The molecule has 3 rings (SSSR count). The van der Waals surface area contributed by atoms with E-state index in [0.717, 1.165) is 17.4 Å². The highest BCUT2D eigenvalue weighted by molar-refractivity contribution is 5.63. The highest BCUT2D eigenvalue weighted by Crippen LogP contribution is 2.38. The van der Waals surface area contributed by atoms with Crippen molar-refractivity contribution in [2.24, 2.45) is 5.92 Å². The van der Waals surface area contributed by atoms with E-state index < -0.39 is 0 Å². The predicted octanol–water partition coefficient (Wildman–Crippen LogP) is 7.74. The van der Waals surface area contributed by atoms with Crippen molar-refractivity contribution in [2.75, 3.05) is 0 Å². The minimum Gasteiger partial charge on any atom is -0.207 e. The number of halogens is 1. The van der Waals surface area contributed by atoms with E-state index >= 15 is 0 Å². The smallest absolute Gasteiger partial charge is 0.123 e. The molecular formula is C24H31F. The molecule has 0 saturated heterocycles. The van der Waals surface area contributed by atoms with Gasteiger partial charge in [0.2, 0.25) is 0 Å². The van der Waals surface area contributed by atoms with E-state index in [-0.39, 0.29) is 5.82 Å². The topological polar surface area (TPSA) is 0 Å². The first kappa shape index (κ1) is 18.2. The molecular weight excluding hydrogens is 307 g/mol. The first-order valence-electron chi connectivity index (χ1n) is 10.1. The second kappa shape index (κ2) is 9.17. The van der Waals surface area contributed by atoms with Crippen molar-refractivity contribution in [3.63, 3.8) is 0 Å². The molecule has 0 amide bonds. The molecule has 1 saturated carbocycles. The molecule has 0 N–H and O–H groups in total. The van der Waals surface area contributed by atoms with Gasteiger partial charge in [-0.05, 0) is 66.3 Å². The first-order chi connectivity index (χ1) is 12.3. The SMILES string of the molecule is CCCCCCC1CCC(c2ccc(-c3ccc(F)cc3)cc2)CC1. The van der Waals surface area contributed by atoms with Crippen molar-refractivity contribution in [3.8, 4) is 11.1 Å². The molecule has 1 fully saturated rings. The zero-order valence-electron chi connectivity index (χ0n) is 15.5. The molecule has 1 aliphatic carbocycles. The van der Waals surface area contributed by atoms with E-state index in [2.05, 4.69) is 31.2 Å². The minimum atomic E-state index is -0.174. The Morgan fingerprint density at radius 1 is 0.760 bits per heavy atom. The molecule has 0 atom stereocenters. The van der Waals surface area contributed by atoms with Crippen LogP contribution in [0.1, 0.15) is 76.2 Å². The van der Waals surface area contributed by atoms with Crippen molar-refractivity contribution >= 4 is 0 Å². The summed E-state index contributed by atoms with van der Waals surface area (Å²) in [5, 5.41) is 0. The third-order valence-corrected chi connectivity index (χ3v) is 5.87. The summed E-state index contributed by atoms with van der Waals surface area (Å²) in [6.07, 6.45) is 12.5. The molecule has 2 aromatic rings. The maximum absolute atomic E-state index is 13.1. The van der Waals surface area contributed by atoms with Gasteiger partial charge in [-0.2, -0.15) is 0 Å². The second-order valence-electron chi connectivity index (χ2n) is 7.70. The fraction of sp³-hybridized carbons (Fsp3) is 0.500. The van der Waals surface area contributed by atoms with Gasteiger partial charge >= 0.3 is 0 Å². The van der Waals surface area contributed by atoms with Gasteiger partial charge in [0, 0.05) is 0 Å². The van der Waals surface area contributed by atoms with Gasteiger partial charge in [0.05, 0.1) is 0 Å². The lowest BCUT2D eigenvalue weighted by Crippen LogP contribution is -2.13. The van der Waals surface area contributed by atoms with Crippen LogP contribution in [0, 0.1) is 11.7 Å². The second-order valence-corrected chi connectivity index (χ2v) is 7.70. The van der Waals surface area contributed by atoms with Gasteiger partial charge < -0.3 is 0 Å². The standard InChI is InChI=1S/C24H31F/c1-2-3-4-5-6-19-7-9-20(10-8-19)21-11-13-22(14-12-21)23-15-17-24(25)18-16-23/h11-20H,2-10H2,1H3. The quantitative estimate of drug-likeness (QED) is 0.453. The number of benzene rings is 2.